The second kappa shape index (κ2) is 5.80. The van der Waals surface area contributed by atoms with Gasteiger partial charge in [0.2, 0.25) is 0 Å². The van der Waals surface area contributed by atoms with Crippen LogP contribution in [0.1, 0.15) is 30.2 Å². The number of aromatic nitrogens is 5. The number of hydrogen-bond donors (Lipinski definition) is 1. The number of anilines is 1. The highest BCUT2D eigenvalue weighted by Crippen LogP contribution is 2.14. The quantitative estimate of drug-likeness (QED) is 0.801. The van der Waals surface area contributed by atoms with Crippen LogP contribution in [0.25, 0.3) is 5.69 Å². The summed E-state index contributed by atoms with van der Waals surface area (Å²) >= 11 is 0. The standard InChI is InChI=1S/C15H16N6O/c1-11(2)21-8-13(7-18-21)19-15(22)12-4-3-5-14(6-12)20-9-16-17-10-20/h3-11H,1-2H3,(H,19,22). The maximum atomic E-state index is 12.3. The van der Waals surface area contributed by atoms with E-state index in [1.807, 2.05) is 32.2 Å². The van der Waals surface area contributed by atoms with Gasteiger partial charge in [0.15, 0.2) is 0 Å². The van der Waals surface area contributed by atoms with Gasteiger partial charge in [0.1, 0.15) is 12.7 Å². The smallest absolute Gasteiger partial charge is 0.255 e. The fraction of sp³-hybridized carbons (Fsp3) is 0.200. The average molecular weight is 296 g/mol. The van der Waals surface area contributed by atoms with Crippen molar-refractivity contribution in [3.63, 3.8) is 0 Å². The molecule has 7 nitrogen and oxygen atoms in total. The first kappa shape index (κ1) is 14.0. The lowest BCUT2D eigenvalue weighted by Crippen LogP contribution is -2.12. The molecule has 0 aliphatic carbocycles. The predicted molar refractivity (Wildman–Crippen MR) is 81.9 cm³/mol. The summed E-state index contributed by atoms with van der Waals surface area (Å²) in [4.78, 5) is 12.3. The van der Waals surface area contributed by atoms with Crippen molar-refractivity contribution in [3.8, 4) is 5.69 Å². The Balaban J connectivity index is 1.78. The van der Waals surface area contributed by atoms with E-state index in [4.69, 9.17) is 0 Å². The zero-order chi connectivity index (χ0) is 15.5. The van der Waals surface area contributed by atoms with Gasteiger partial charge >= 0.3 is 0 Å². The first-order valence-corrected chi connectivity index (χ1v) is 6.94. The van der Waals surface area contributed by atoms with Gasteiger partial charge in [0.25, 0.3) is 5.91 Å². The van der Waals surface area contributed by atoms with Gasteiger partial charge in [-0.1, -0.05) is 6.07 Å². The third kappa shape index (κ3) is 2.88. The largest absolute Gasteiger partial charge is 0.319 e. The van der Waals surface area contributed by atoms with Crippen molar-refractivity contribution >= 4 is 11.6 Å². The van der Waals surface area contributed by atoms with E-state index in [1.54, 1.807) is 40.2 Å². The van der Waals surface area contributed by atoms with E-state index in [0.717, 1.165) is 5.69 Å². The van der Waals surface area contributed by atoms with Gasteiger partial charge in [-0.3, -0.25) is 14.0 Å². The van der Waals surface area contributed by atoms with Crippen LogP contribution in [0.4, 0.5) is 5.69 Å². The molecule has 1 N–H and O–H groups in total. The van der Waals surface area contributed by atoms with E-state index in [0.29, 0.717) is 11.3 Å². The van der Waals surface area contributed by atoms with Crippen molar-refractivity contribution in [2.45, 2.75) is 19.9 Å². The topological polar surface area (TPSA) is 77.6 Å². The van der Waals surface area contributed by atoms with Gasteiger partial charge in [0.05, 0.1) is 11.9 Å². The van der Waals surface area contributed by atoms with Crippen LogP contribution in [0, 0.1) is 0 Å². The molecule has 3 rings (SSSR count). The Morgan fingerprint density at radius 2 is 2.00 bits per heavy atom. The zero-order valence-electron chi connectivity index (χ0n) is 12.3. The van der Waals surface area contributed by atoms with Gasteiger partial charge in [-0.2, -0.15) is 5.10 Å². The predicted octanol–water partition coefficient (Wildman–Crippen LogP) is 2.30. The van der Waals surface area contributed by atoms with Crippen molar-refractivity contribution in [1.29, 1.82) is 0 Å². The molecule has 1 aromatic carbocycles. The zero-order valence-corrected chi connectivity index (χ0v) is 12.3. The summed E-state index contributed by atoms with van der Waals surface area (Å²) in [6.07, 6.45) is 6.63. The first-order valence-electron chi connectivity index (χ1n) is 6.94. The van der Waals surface area contributed by atoms with Gasteiger partial charge in [-0.05, 0) is 32.0 Å². The molecule has 22 heavy (non-hydrogen) atoms. The number of carbonyl (C=O) groups excluding carboxylic acids is 1. The molecule has 0 atom stereocenters. The van der Waals surface area contributed by atoms with Gasteiger partial charge in [-0.15, -0.1) is 10.2 Å². The number of rotatable bonds is 4. The number of carbonyl (C=O) groups is 1. The molecule has 0 radical (unpaired) electrons. The fourth-order valence-electron chi connectivity index (χ4n) is 2.03. The summed E-state index contributed by atoms with van der Waals surface area (Å²) < 4.78 is 3.54. The number of nitrogens with one attached hydrogen (secondary N) is 1. The Kier molecular flexibility index (Phi) is 3.69. The van der Waals surface area contributed by atoms with Crippen molar-refractivity contribution in [2.24, 2.45) is 0 Å². The van der Waals surface area contributed by atoms with Crippen LogP contribution in [0.5, 0.6) is 0 Å². The number of nitrogens with zero attached hydrogens (tertiary/aromatic N) is 5. The van der Waals surface area contributed by atoms with Crippen LogP contribution >= 0.6 is 0 Å². The highest BCUT2D eigenvalue weighted by atomic mass is 16.1. The van der Waals surface area contributed by atoms with Gasteiger partial charge < -0.3 is 5.32 Å². The second-order valence-corrected chi connectivity index (χ2v) is 5.18. The fourth-order valence-corrected chi connectivity index (χ4v) is 2.03. The summed E-state index contributed by atoms with van der Waals surface area (Å²) in [7, 11) is 0. The Morgan fingerprint density at radius 1 is 1.23 bits per heavy atom. The SMILES string of the molecule is CC(C)n1cc(NC(=O)c2cccc(-n3cnnc3)c2)cn1. The number of amides is 1. The van der Waals surface area contributed by atoms with Crippen LogP contribution in [0.15, 0.2) is 49.3 Å². The molecule has 0 saturated heterocycles. The molecule has 2 heterocycles. The van der Waals surface area contributed by atoms with E-state index in [2.05, 4.69) is 20.6 Å². The maximum absolute atomic E-state index is 12.3. The van der Waals surface area contributed by atoms with Crippen molar-refractivity contribution < 1.29 is 4.79 Å². The molecule has 112 valence electrons. The van der Waals surface area contributed by atoms with Crippen LogP contribution in [0.2, 0.25) is 0 Å². The molecular weight excluding hydrogens is 280 g/mol. The lowest BCUT2D eigenvalue weighted by molar-refractivity contribution is 0.102. The van der Waals surface area contributed by atoms with Gasteiger partial charge in [-0.25, -0.2) is 0 Å². The lowest BCUT2D eigenvalue weighted by atomic mass is 10.2. The van der Waals surface area contributed by atoms with Gasteiger partial charge in [0, 0.05) is 23.5 Å². The highest BCUT2D eigenvalue weighted by Gasteiger charge is 2.09. The van der Waals surface area contributed by atoms with E-state index >= 15 is 0 Å². The minimum Gasteiger partial charge on any atom is -0.319 e. The molecule has 7 heteroatoms. The summed E-state index contributed by atoms with van der Waals surface area (Å²) in [5.41, 5.74) is 2.06. The first-order chi connectivity index (χ1) is 10.6. The van der Waals surface area contributed by atoms with Crippen LogP contribution < -0.4 is 5.32 Å². The Bertz CT molecular complexity index is 775. The Hall–Kier alpha value is -2.96. The van der Waals surface area contributed by atoms with Crippen LogP contribution in [-0.2, 0) is 0 Å². The third-order valence-corrected chi connectivity index (χ3v) is 3.21. The molecule has 0 aliphatic rings. The summed E-state index contributed by atoms with van der Waals surface area (Å²) in [6.45, 7) is 4.06. The average Bonchev–Trinajstić information content (AvgIpc) is 3.19. The molecule has 0 aliphatic heterocycles. The number of benzene rings is 1. The van der Waals surface area contributed by atoms with E-state index in [-0.39, 0.29) is 11.9 Å². The minimum absolute atomic E-state index is 0.182. The summed E-state index contributed by atoms with van der Waals surface area (Å²) in [5, 5.41) is 14.6. The molecule has 2 aromatic heterocycles. The van der Waals surface area contributed by atoms with E-state index in [1.165, 1.54) is 0 Å². The molecule has 0 bridgehead atoms. The molecule has 1 amide bonds. The summed E-state index contributed by atoms with van der Waals surface area (Å²) in [5.74, 6) is -0.182. The Morgan fingerprint density at radius 3 is 2.68 bits per heavy atom. The molecule has 3 aromatic rings. The second-order valence-electron chi connectivity index (χ2n) is 5.18. The van der Waals surface area contributed by atoms with E-state index in [9.17, 15) is 4.79 Å². The van der Waals surface area contributed by atoms with Crippen molar-refractivity contribution in [3.05, 3.63) is 54.9 Å². The highest BCUT2D eigenvalue weighted by molar-refractivity contribution is 6.04. The maximum Gasteiger partial charge on any atom is 0.255 e. The lowest BCUT2D eigenvalue weighted by Gasteiger charge is -2.06. The van der Waals surface area contributed by atoms with Crippen LogP contribution in [0.3, 0.4) is 0 Å². The summed E-state index contributed by atoms with van der Waals surface area (Å²) in [6, 6.07) is 7.50. The monoisotopic (exact) mass is 296 g/mol. The molecule has 0 spiro atoms. The van der Waals surface area contributed by atoms with Crippen LogP contribution in [-0.4, -0.2) is 30.5 Å². The third-order valence-electron chi connectivity index (χ3n) is 3.21. The normalized spacial score (nSPS) is 10.9. The molecule has 0 unspecified atom stereocenters. The van der Waals surface area contributed by atoms with Crippen molar-refractivity contribution in [2.75, 3.05) is 5.32 Å². The molecular formula is C15H16N6O. The minimum atomic E-state index is -0.182. The Labute approximate surface area is 127 Å². The van der Waals surface area contributed by atoms with Crippen molar-refractivity contribution in [1.82, 2.24) is 24.5 Å². The molecule has 0 saturated carbocycles. The van der Waals surface area contributed by atoms with E-state index < -0.39 is 0 Å². The number of hydrogen-bond acceptors (Lipinski definition) is 4. The molecule has 0 fully saturated rings.